The van der Waals surface area contributed by atoms with Crippen LogP contribution in [0.2, 0.25) is 0 Å². The van der Waals surface area contributed by atoms with Gasteiger partial charge in [0.1, 0.15) is 6.42 Å². The van der Waals surface area contributed by atoms with Gasteiger partial charge in [0, 0.05) is 11.8 Å². The highest BCUT2D eigenvalue weighted by atomic mass is 32.1. The first kappa shape index (κ1) is 19.0. The van der Waals surface area contributed by atoms with E-state index >= 15 is 0 Å². The SMILES string of the molecule is CCC(CC)(Cc1cscn1)C(N)=O.O=C(O)CC(=O)O. The molecule has 1 aromatic heterocycles. The molecule has 0 aromatic carbocycles. The van der Waals surface area contributed by atoms with Crippen molar-refractivity contribution in [3.05, 3.63) is 16.6 Å². The van der Waals surface area contributed by atoms with Crippen molar-refractivity contribution in [3.8, 4) is 0 Å². The number of nitrogens with zero attached hydrogens (tertiary/aromatic N) is 1. The molecular formula is C13H20N2O5S. The van der Waals surface area contributed by atoms with E-state index in [-0.39, 0.29) is 5.91 Å². The van der Waals surface area contributed by atoms with Crippen LogP contribution in [0.15, 0.2) is 10.9 Å². The molecule has 0 aliphatic carbocycles. The van der Waals surface area contributed by atoms with E-state index in [4.69, 9.17) is 15.9 Å². The molecule has 0 saturated heterocycles. The molecule has 0 atom stereocenters. The number of primary amides is 1. The number of hydrogen-bond donors (Lipinski definition) is 3. The normalized spacial score (nSPS) is 10.4. The van der Waals surface area contributed by atoms with Crippen LogP contribution in [0.5, 0.6) is 0 Å². The minimum absolute atomic E-state index is 0.212. The van der Waals surface area contributed by atoms with Crippen LogP contribution in [-0.4, -0.2) is 33.0 Å². The molecule has 0 saturated carbocycles. The highest BCUT2D eigenvalue weighted by Gasteiger charge is 2.33. The second-order valence-corrected chi connectivity index (χ2v) is 5.19. The van der Waals surface area contributed by atoms with Crippen molar-refractivity contribution in [2.45, 2.75) is 39.5 Å². The summed E-state index contributed by atoms with van der Waals surface area (Å²) in [6.07, 6.45) is 1.41. The molecule has 0 aliphatic rings. The second-order valence-electron chi connectivity index (χ2n) is 4.47. The lowest BCUT2D eigenvalue weighted by Gasteiger charge is -2.26. The molecule has 0 aliphatic heterocycles. The lowest BCUT2D eigenvalue weighted by Crippen LogP contribution is -2.38. The van der Waals surface area contributed by atoms with Crippen molar-refractivity contribution in [2.75, 3.05) is 0 Å². The van der Waals surface area contributed by atoms with Crippen molar-refractivity contribution < 1.29 is 24.6 Å². The van der Waals surface area contributed by atoms with Crippen molar-refractivity contribution >= 4 is 29.2 Å². The predicted molar refractivity (Wildman–Crippen MR) is 77.9 cm³/mol. The fourth-order valence-corrected chi connectivity index (χ4v) is 2.29. The Hall–Kier alpha value is -1.96. The number of carbonyl (C=O) groups excluding carboxylic acids is 1. The number of aromatic nitrogens is 1. The molecule has 7 nitrogen and oxygen atoms in total. The summed E-state index contributed by atoms with van der Waals surface area (Å²) in [6.45, 7) is 4.00. The van der Waals surface area contributed by atoms with Crippen LogP contribution in [0.25, 0.3) is 0 Å². The first-order valence-corrected chi connectivity index (χ1v) is 7.32. The van der Waals surface area contributed by atoms with E-state index in [9.17, 15) is 14.4 Å². The lowest BCUT2D eigenvalue weighted by molar-refractivity contribution is -0.147. The maximum Gasteiger partial charge on any atom is 0.314 e. The number of carboxylic acids is 2. The average molecular weight is 316 g/mol. The Morgan fingerprint density at radius 1 is 1.24 bits per heavy atom. The molecule has 1 aromatic rings. The monoisotopic (exact) mass is 316 g/mol. The second kappa shape index (κ2) is 9.06. The molecule has 1 heterocycles. The van der Waals surface area contributed by atoms with E-state index in [1.807, 2.05) is 19.2 Å². The third kappa shape index (κ3) is 6.84. The van der Waals surface area contributed by atoms with Crippen LogP contribution >= 0.6 is 11.3 Å². The number of amides is 1. The molecule has 0 radical (unpaired) electrons. The Morgan fingerprint density at radius 2 is 1.76 bits per heavy atom. The van der Waals surface area contributed by atoms with Crippen LogP contribution in [-0.2, 0) is 20.8 Å². The molecule has 1 amide bonds. The fraction of sp³-hybridized carbons (Fsp3) is 0.538. The summed E-state index contributed by atoms with van der Waals surface area (Å²) in [4.78, 5) is 34.5. The van der Waals surface area contributed by atoms with Gasteiger partial charge in [0.05, 0.1) is 16.6 Å². The van der Waals surface area contributed by atoms with Crippen molar-refractivity contribution in [3.63, 3.8) is 0 Å². The van der Waals surface area contributed by atoms with Crippen molar-refractivity contribution in [1.82, 2.24) is 4.98 Å². The predicted octanol–water partition coefficient (Wildman–Crippen LogP) is 1.52. The van der Waals surface area contributed by atoms with Gasteiger partial charge in [0.2, 0.25) is 5.91 Å². The highest BCUT2D eigenvalue weighted by Crippen LogP contribution is 2.30. The quantitative estimate of drug-likeness (QED) is 0.654. The van der Waals surface area contributed by atoms with E-state index in [0.717, 1.165) is 18.5 Å². The van der Waals surface area contributed by atoms with E-state index in [1.54, 1.807) is 16.8 Å². The molecule has 0 unspecified atom stereocenters. The van der Waals surface area contributed by atoms with Crippen LogP contribution < -0.4 is 5.73 Å². The summed E-state index contributed by atoms with van der Waals surface area (Å²) >= 11 is 1.55. The summed E-state index contributed by atoms with van der Waals surface area (Å²) in [7, 11) is 0. The van der Waals surface area contributed by atoms with E-state index in [1.165, 1.54) is 0 Å². The van der Waals surface area contributed by atoms with Gasteiger partial charge in [-0.1, -0.05) is 13.8 Å². The van der Waals surface area contributed by atoms with Gasteiger partial charge in [-0.15, -0.1) is 11.3 Å². The summed E-state index contributed by atoms with van der Waals surface area (Å²) in [5, 5.41) is 17.4. The topological polar surface area (TPSA) is 131 Å². The summed E-state index contributed by atoms with van der Waals surface area (Å²) in [6, 6.07) is 0. The van der Waals surface area contributed by atoms with Gasteiger partial charge in [-0.05, 0) is 12.8 Å². The van der Waals surface area contributed by atoms with Crippen LogP contribution in [0.3, 0.4) is 0 Å². The number of carbonyl (C=O) groups is 3. The Balaban J connectivity index is 0.000000486. The van der Waals surface area contributed by atoms with Crippen LogP contribution in [0.4, 0.5) is 0 Å². The zero-order valence-electron chi connectivity index (χ0n) is 12.0. The van der Waals surface area contributed by atoms with Gasteiger partial charge in [-0.2, -0.15) is 0 Å². The number of carboxylic acid groups (broad SMARTS) is 2. The smallest absolute Gasteiger partial charge is 0.314 e. The van der Waals surface area contributed by atoms with Crippen molar-refractivity contribution in [1.29, 1.82) is 0 Å². The number of nitrogens with two attached hydrogens (primary N) is 1. The Morgan fingerprint density at radius 3 is 2.00 bits per heavy atom. The minimum atomic E-state index is -1.31. The van der Waals surface area contributed by atoms with E-state index < -0.39 is 23.8 Å². The van der Waals surface area contributed by atoms with Crippen molar-refractivity contribution in [2.24, 2.45) is 11.1 Å². The van der Waals surface area contributed by atoms with Gasteiger partial charge >= 0.3 is 11.9 Å². The van der Waals surface area contributed by atoms with Gasteiger partial charge in [0.25, 0.3) is 0 Å². The number of aliphatic carboxylic acids is 2. The number of rotatable bonds is 7. The molecule has 0 spiro atoms. The number of hydrogen-bond acceptors (Lipinski definition) is 5. The van der Waals surface area contributed by atoms with Gasteiger partial charge in [0.15, 0.2) is 0 Å². The first-order chi connectivity index (χ1) is 9.77. The molecule has 0 bridgehead atoms. The van der Waals surface area contributed by atoms with E-state index in [2.05, 4.69) is 4.98 Å². The zero-order valence-corrected chi connectivity index (χ0v) is 12.9. The minimum Gasteiger partial charge on any atom is -0.481 e. The standard InChI is InChI=1S/C10H16N2OS.C3H4O4/c1-3-10(4-2,9(11)13)5-8-6-14-7-12-8;4-2(5)1-3(6)7/h6-7H,3-5H2,1-2H3,(H2,11,13);1H2,(H,4,5)(H,6,7). The summed E-state index contributed by atoms with van der Waals surface area (Å²) in [5.74, 6) is -2.84. The van der Waals surface area contributed by atoms with Gasteiger partial charge in [-0.3, -0.25) is 14.4 Å². The zero-order chi connectivity index (χ0) is 16.5. The fourth-order valence-electron chi connectivity index (χ4n) is 1.74. The largest absolute Gasteiger partial charge is 0.481 e. The van der Waals surface area contributed by atoms with E-state index in [0.29, 0.717) is 6.42 Å². The molecule has 8 heteroatoms. The van der Waals surface area contributed by atoms with Crippen LogP contribution in [0, 0.1) is 5.41 Å². The maximum atomic E-state index is 11.4. The third-order valence-electron chi connectivity index (χ3n) is 3.18. The molecule has 21 heavy (non-hydrogen) atoms. The Bertz CT molecular complexity index is 457. The summed E-state index contributed by atoms with van der Waals surface area (Å²) in [5.41, 5.74) is 7.79. The first-order valence-electron chi connectivity index (χ1n) is 6.38. The average Bonchev–Trinajstić information content (AvgIpc) is 2.87. The number of thiazole rings is 1. The highest BCUT2D eigenvalue weighted by molar-refractivity contribution is 7.07. The van der Waals surface area contributed by atoms with Crippen LogP contribution in [0.1, 0.15) is 38.8 Å². The molecule has 118 valence electrons. The molecule has 0 fully saturated rings. The van der Waals surface area contributed by atoms with Gasteiger partial charge < -0.3 is 15.9 Å². The molecule has 1 rings (SSSR count). The third-order valence-corrected chi connectivity index (χ3v) is 3.82. The van der Waals surface area contributed by atoms with Gasteiger partial charge in [-0.25, -0.2) is 4.98 Å². The Labute approximate surface area is 126 Å². The summed E-state index contributed by atoms with van der Waals surface area (Å²) < 4.78 is 0. The maximum absolute atomic E-state index is 11.4. The molecule has 4 N–H and O–H groups in total. The lowest BCUT2D eigenvalue weighted by atomic mass is 9.78. The molecular weight excluding hydrogens is 296 g/mol. The Kier molecular flexibility index (Phi) is 8.22.